The first-order chi connectivity index (χ1) is 11.8. The molecule has 1 aromatic carbocycles. The van der Waals surface area contributed by atoms with Crippen molar-refractivity contribution >= 4 is 5.96 Å². The van der Waals surface area contributed by atoms with Gasteiger partial charge in [0.1, 0.15) is 5.76 Å². The molecule has 0 aliphatic heterocycles. The third-order valence-corrected chi connectivity index (χ3v) is 3.30. The van der Waals surface area contributed by atoms with Crippen molar-refractivity contribution in [1.82, 2.24) is 10.6 Å². The van der Waals surface area contributed by atoms with Gasteiger partial charge in [-0.1, -0.05) is 6.07 Å². The zero-order valence-corrected chi connectivity index (χ0v) is 14.5. The highest BCUT2D eigenvalue weighted by Gasteiger charge is 2.06. The monoisotopic (exact) mass is 331 g/mol. The summed E-state index contributed by atoms with van der Waals surface area (Å²) in [6.07, 6.45) is 1.66. The van der Waals surface area contributed by atoms with Gasteiger partial charge in [0, 0.05) is 6.54 Å². The standard InChI is InChI=1S/C18H25N3O3/c1-4-19-18(21-13-15-7-6-10-24-15)20-12-14-8-9-16(23-5-2)17(11-14)22-3/h6-11H,4-5,12-13H2,1-3H3,(H2,19,20,21). The van der Waals surface area contributed by atoms with E-state index in [0.29, 0.717) is 19.7 Å². The van der Waals surface area contributed by atoms with E-state index in [1.807, 2.05) is 44.2 Å². The summed E-state index contributed by atoms with van der Waals surface area (Å²) in [7, 11) is 1.64. The molecular weight excluding hydrogens is 306 g/mol. The first-order valence-electron chi connectivity index (χ1n) is 8.11. The van der Waals surface area contributed by atoms with Gasteiger partial charge in [-0.25, -0.2) is 4.99 Å². The molecular formula is C18H25N3O3. The Labute approximate surface area is 142 Å². The van der Waals surface area contributed by atoms with Crippen molar-refractivity contribution in [3.8, 4) is 11.5 Å². The molecule has 2 rings (SSSR count). The number of guanidine groups is 1. The van der Waals surface area contributed by atoms with Crippen LogP contribution in [0, 0.1) is 0 Å². The van der Waals surface area contributed by atoms with Gasteiger partial charge in [-0.2, -0.15) is 0 Å². The summed E-state index contributed by atoms with van der Waals surface area (Å²) in [6.45, 7) is 6.50. The lowest BCUT2D eigenvalue weighted by molar-refractivity contribution is 0.310. The Balaban J connectivity index is 2.01. The van der Waals surface area contributed by atoms with Gasteiger partial charge in [0.2, 0.25) is 0 Å². The highest BCUT2D eigenvalue weighted by molar-refractivity contribution is 5.79. The van der Waals surface area contributed by atoms with Crippen LogP contribution in [0.2, 0.25) is 0 Å². The summed E-state index contributed by atoms with van der Waals surface area (Å²) in [6, 6.07) is 9.65. The Hall–Kier alpha value is -2.63. The van der Waals surface area contributed by atoms with Crippen molar-refractivity contribution in [3.63, 3.8) is 0 Å². The van der Waals surface area contributed by atoms with E-state index in [4.69, 9.17) is 13.9 Å². The summed E-state index contributed by atoms with van der Waals surface area (Å²) in [5.74, 6) is 3.07. The summed E-state index contributed by atoms with van der Waals surface area (Å²) in [4.78, 5) is 4.59. The van der Waals surface area contributed by atoms with E-state index in [-0.39, 0.29) is 0 Å². The van der Waals surface area contributed by atoms with Gasteiger partial charge < -0.3 is 24.5 Å². The lowest BCUT2D eigenvalue weighted by Gasteiger charge is -2.12. The normalized spacial score (nSPS) is 11.2. The van der Waals surface area contributed by atoms with Gasteiger partial charge in [0.05, 0.1) is 33.1 Å². The van der Waals surface area contributed by atoms with E-state index in [1.54, 1.807) is 13.4 Å². The van der Waals surface area contributed by atoms with E-state index >= 15 is 0 Å². The number of hydrogen-bond acceptors (Lipinski definition) is 4. The molecule has 0 spiro atoms. The molecule has 0 unspecified atom stereocenters. The van der Waals surface area contributed by atoms with Crippen LogP contribution < -0.4 is 20.1 Å². The van der Waals surface area contributed by atoms with Crippen LogP contribution in [-0.4, -0.2) is 26.2 Å². The number of methoxy groups -OCH3 is 1. The lowest BCUT2D eigenvalue weighted by Crippen LogP contribution is -2.36. The SMILES string of the molecule is CCNC(=NCc1ccc(OCC)c(OC)c1)NCc1ccco1. The molecule has 0 saturated heterocycles. The fourth-order valence-corrected chi connectivity index (χ4v) is 2.18. The maximum absolute atomic E-state index is 5.53. The maximum Gasteiger partial charge on any atom is 0.191 e. The van der Waals surface area contributed by atoms with Gasteiger partial charge in [0.25, 0.3) is 0 Å². The van der Waals surface area contributed by atoms with Gasteiger partial charge in [0.15, 0.2) is 17.5 Å². The van der Waals surface area contributed by atoms with Crippen LogP contribution in [0.3, 0.4) is 0 Å². The molecule has 1 heterocycles. The molecule has 0 aliphatic rings. The zero-order valence-electron chi connectivity index (χ0n) is 14.5. The topological polar surface area (TPSA) is 68.0 Å². The van der Waals surface area contributed by atoms with Crippen molar-refractivity contribution in [3.05, 3.63) is 47.9 Å². The van der Waals surface area contributed by atoms with E-state index in [9.17, 15) is 0 Å². The molecule has 0 bridgehead atoms. The third-order valence-electron chi connectivity index (χ3n) is 3.30. The van der Waals surface area contributed by atoms with Crippen LogP contribution in [0.15, 0.2) is 46.0 Å². The first-order valence-corrected chi connectivity index (χ1v) is 8.11. The number of nitrogens with one attached hydrogen (secondary N) is 2. The van der Waals surface area contributed by atoms with Crippen LogP contribution in [-0.2, 0) is 13.1 Å². The number of rotatable bonds is 8. The average Bonchev–Trinajstić information content (AvgIpc) is 3.12. The average molecular weight is 331 g/mol. The minimum Gasteiger partial charge on any atom is -0.493 e. The molecule has 1 aromatic heterocycles. The molecule has 6 nitrogen and oxygen atoms in total. The fourth-order valence-electron chi connectivity index (χ4n) is 2.18. The molecule has 130 valence electrons. The fraction of sp³-hybridized carbons (Fsp3) is 0.389. The predicted octanol–water partition coefficient (Wildman–Crippen LogP) is 2.94. The first kappa shape index (κ1) is 17.7. The minimum atomic E-state index is 0.538. The maximum atomic E-state index is 5.53. The quantitative estimate of drug-likeness (QED) is 0.575. The van der Waals surface area contributed by atoms with E-state index in [1.165, 1.54) is 0 Å². The Morgan fingerprint density at radius 1 is 1.17 bits per heavy atom. The molecule has 24 heavy (non-hydrogen) atoms. The molecule has 0 saturated carbocycles. The smallest absolute Gasteiger partial charge is 0.191 e. The predicted molar refractivity (Wildman–Crippen MR) is 94.5 cm³/mol. The zero-order chi connectivity index (χ0) is 17.2. The van der Waals surface area contributed by atoms with Crippen molar-refractivity contribution in [2.24, 2.45) is 4.99 Å². The second kappa shape index (κ2) is 9.50. The number of aliphatic imine (C=N–C) groups is 1. The molecule has 0 atom stereocenters. The molecule has 6 heteroatoms. The van der Waals surface area contributed by atoms with Crippen molar-refractivity contribution in [2.45, 2.75) is 26.9 Å². The van der Waals surface area contributed by atoms with Crippen LogP contribution in [0.5, 0.6) is 11.5 Å². The molecule has 0 radical (unpaired) electrons. The van der Waals surface area contributed by atoms with Gasteiger partial charge >= 0.3 is 0 Å². The summed E-state index contributed by atoms with van der Waals surface area (Å²) >= 11 is 0. The van der Waals surface area contributed by atoms with Crippen LogP contribution in [0.1, 0.15) is 25.2 Å². The second-order valence-electron chi connectivity index (χ2n) is 5.05. The van der Waals surface area contributed by atoms with Gasteiger partial charge in [-0.05, 0) is 43.7 Å². The van der Waals surface area contributed by atoms with Crippen LogP contribution >= 0.6 is 0 Å². The minimum absolute atomic E-state index is 0.538. The number of benzene rings is 1. The third kappa shape index (κ3) is 5.22. The number of ether oxygens (including phenoxy) is 2. The van der Waals surface area contributed by atoms with E-state index < -0.39 is 0 Å². The van der Waals surface area contributed by atoms with Crippen molar-refractivity contribution < 1.29 is 13.9 Å². The number of furan rings is 1. The van der Waals surface area contributed by atoms with Crippen molar-refractivity contribution in [1.29, 1.82) is 0 Å². The van der Waals surface area contributed by atoms with E-state index in [2.05, 4.69) is 15.6 Å². The van der Waals surface area contributed by atoms with Crippen molar-refractivity contribution in [2.75, 3.05) is 20.3 Å². The molecule has 0 fully saturated rings. The molecule has 0 amide bonds. The largest absolute Gasteiger partial charge is 0.493 e. The molecule has 2 aromatic rings. The van der Waals surface area contributed by atoms with Crippen LogP contribution in [0.25, 0.3) is 0 Å². The highest BCUT2D eigenvalue weighted by Crippen LogP contribution is 2.28. The van der Waals surface area contributed by atoms with Gasteiger partial charge in [-0.3, -0.25) is 0 Å². The Bertz CT molecular complexity index is 639. The number of nitrogens with zero attached hydrogens (tertiary/aromatic N) is 1. The summed E-state index contributed by atoms with van der Waals surface area (Å²) < 4.78 is 16.2. The Morgan fingerprint density at radius 2 is 2.04 bits per heavy atom. The Kier molecular flexibility index (Phi) is 7.01. The Morgan fingerprint density at radius 3 is 2.71 bits per heavy atom. The van der Waals surface area contributed by atoms with Gasteiger partial charge in [-0.15, -0.1) is 0 Å². The summed E-state index contributed by atoms with van der Waals surface area (Å²) in [5.41, 5.74) is 1.05. The summed E-state index contributed by atoms with van der Waals surface area (Å²) in [5, 5.41) is 6.46. The van der Waals surface area contributed by atoms with E-state index in [0.717, 1.165) is 35.3 Å². The molecule has 0 aliphatic carbocycles. The number of hydrogen-bond donors (Lipinski definition) is 2. The van der Waals surface area contributed by atoms with Crippen LogP contribution in [0.4, 0.5) is 0 Å². The highest BCUT2D eigenvalue weighted by atomic mass is 16.5. The lowest BCUT2D eigenvalue weighted by atomic mass is 10.2. The second-order valence-corrected chi connectivity index (χ2v) is 5.05. The molecule has 2 N–H and O–H groups in total.